The summed E-state index contributed by atoms with van der Waals surface area (Å²) in [6.07, 6.45) is 0. The van der Waals surface area contributed by atoms with Gasteiger partial charge in [-0.25, -0.2) is 0 Å². The lowest BCUT2D eigenvalue weighted by Gasteiger charge is -2.50. The van der Waals surface area contributed by atoms with Gasteiger partial charge >= 0.3 is 0 Å². The molecule has 0 bridgehead atoms. The van der Waals surface area contributed by atoms with Crippen LogP contribution in [0.3, 0.4) is 0 Å². The maximum Gasteiger partial charge on any atom is 0.0708 e. The number of nitrogens with zero attached hydrogens (tertiary/aromatic N) is 2. The van der Waals surface area contributed by atoms with E-state index < -0.39 is 0 Å². The van der Waals surface area contributed by atoms with E-state index in [1.165, 1.54) is 10.9 Å². The Bertz CT molecular complexity index is 627. The van der Waals surface area contributed by atoms with E-state index in [9.17, 15) is 0 Å². The van der Waals surface area contributed by atoms with E-state index in [4.69, 9.17) is 5.73 Å². The van der Waals surface area contributed by atoms with Crippen LogP contribution in [0.4, 0.5) is 0 Å². The van der Waals surface area contributed by atoms with Crippen LogP contribution < -0.4 is 5.73 Å². The molecular formula is C17H23N3. The number of hydrogen-bond acceptors (Lipinski definition) is 3. The molecule has 0 spiro atoms. The zero-order valence-electron chi connectivity index (χ0n) is 12.6. The second-order valence-corrected chi connectivity index (χ2v) is 6.47. The fourth-order valence-corrected chi connectivity index (χ4v) is 3.03. The van der Waals surface area contributed by atoms with Crippen LogP contribution in [0.5, 0.6) is 0 Å². The van der Waals surface area contributed by atoms with Crippen LogP contribution in [0.15, 0.2) is 30.3 Å². The van der Waals surface area contributed by atoms with Gasteiger partial charge in [0.25, 0.3) is 0 Å². The maximum atomic E-state index is 6.38. The van der Waals surface area contributed by atoms with Gasteiger partial charge in [-0.1, -0.05) is 32.0 Å². The second kappa shape index (κ2) is 4.83. The summed E-state index contributed by atoms with van der Waals surface area (Å²) in [7, 11) is 0. The van der Waals surface area contributed by atoms with Crippen molar-refractivity contribution in [3.8, 4) is 0 Å². The minimum absolute atomic E-state index is 0.00210. The van der Waals surface area contributed by atoms with Crippen LogP contribution in [-0.2, 0) is 6.54 Å². The molecule has 0 saturated carbocycles. The van der Waals surface area contributed by atoms with Crippen molar-refractivity contribution in [3.63, 3.8) is 0 Å². The predicted molar refractivity (Wildman–Crippen MR) is 83.5 cm³/mol. The number of para-hydroxylation sites is 1. The molecule has 20 heavy (non-hydrogen) atoms. The molecule has 2 aromatic rings. The topological polar surface area (TPSA) is 42.1 Å². The Labute approximate surface area is 120 Å². The van der Waals surface area contributed by atoms with Gasteiger partial charge in [0, 0.05) is 36.3 Å². The molecule has 1 saturated heterocycles. The summed E-state index contributed by atoms with van der Waals surface area (Å²) in [5.74, 6) is 0.537. The molecule has 0 radical (unpaired) electrons. The van der Waals surface area contributed by atoms with E-state index in [1.807, 2.05) is 6.07 Å². The highest BCUT2D eigenvalue weighted by Crippen LogP contribution is 2.29. The van der Waals surface area contributed by atoms with E-state index in [1.54, 1.807) is 0 Å². The van der Waals surface area contributed by atoms with Gasteiger partial charge in [0.1, 0.15) is 0 Å². The van der Waals surface area contributed by atoms with Crippen LogP contribution in [0.2, 0.25) is 0 Å². The van der Waals surface area contributed by atoms with Crippen LogP contribution in [0.25, 0.3) is 10.9 Å². The van der Waals surface area contributed by atoms with Crippen molar-refractivity contribution in [1.82, 2.24) is 9.88 Å². The number of nitrogens with two attached hydrogens (primary N) is 1. The maximum absolute atomic E-state index is 6.38. The molecule has 106 valence electrons. The molecule has 0 unspecified atom stereocenters. The summed E-state index contributed by atoms with van der Waals surface area (Å²) in [4.78, 5) is 7.03. The van der Waals surface area contributed by atoms with E-state index >= 15 is 0 Å². The number of pyridine rings is 1. The lowest BCUT2D eigenvalue weighted by Crippen LogP contribution is -2.69. The molecule has 0 amide bonds. The van der Waals surface area contributed by atoms with E-state index in [0.29, 0.717) is 5.92 Å². The average Bonchev–Trinajstić information content (AvgIpc) is 2.36. The Morgan fingerprint density at radius 1 is 1.30 bits per heavy atom. The van der Waals surface area contributed by atoms with Crippen LogP contribution in [0.1, 0.15) is 25.1 Å². The van der Waals surface area contributed by atoms with Gasteiger partial charge in [0.05, 0.1) is 5.52 Å². The third kappa shape index (κ3) is 2.32. The smallest absolute Gasteiger partial charge is 0.0708 e. The molecule has 1 aromatic carbocycles. The molecular weight excluding hydrogens is 246 g/mol. The average molecular weight is 269 g/mol. The zero-order valence-corrected chi connectivity index (χ0v) is 12.6. The number of likely N-dealkylation sites (tertiary alicyclic amines) is 1. The van der Waals surface area contributed by atoms with Crippen LogP contribution in [0, 0.1) is 12.8 Å². The monoisotopic (exact) mass is 269 g/mol. The Morgan fingerprint density at radius 2 is 2.00 bits per heavy atom. The first-order valence-corrected chi connectivity index (χ1v) is 7.34. The fraction of sp³-hybridized carbons (Fsp3) is 0.471. The Hall–Kier alpha value is -1.45. The number of hydrogen-bond donors (Lipinski definition) is 1. The van der Waals surface area contributed by atoms with Gasteiger partial charge in [0.15, 0.2) is 0 Å². The highest BCUT2D eigenvalue weighted by molar-refractivity contribution is 5.82. The molecule has 1 aliphatic heterocycles. The molecule has 1 fully saturated rings. The van der Waals surface area contributed by atoms with Gasteiger partial charge in [-0.15, -0.1) is 0 Å². The van der Waals surface area contributed by atoms with Crippen molar-refractivity contribution < 1.29 is 0 Å². The summed E-state index contributed by atoms with van der Waals surface area (Å²) >= 11 is 0. The van der Waals surface area contributed by atoms with Crippen LogP contribution >= 0.6 is 0 Å². The summed E-state index contributed by atoms with van der Waals surface area (Å²) in [5.41, 5.74) is 9.91. The number of aryl methyl sites for hydroxylation is 1. The van der Waals surface area contributed by atoms with Crippen molar-refractivity contribution in [2.24, 2.45) is 11.7 Å². The molecule has 0 aliphatic carbocycles. The van der Waals surface area contributed by atoms with Gasteiger partial charge < -0.3 is 5.73 Å². The lowest BCUT2D eigenvalue weighted by molar-refractivity contribution is 0.0316. The third-order valence-corrected chi connectivity index (χ3v) is 4.51. The summed E-state index contributed by atoms with van der Waals surface area (Å²) in [5, 5.41) is 1.26. The first-order valence-electron chi connectivity index (χ1n) is 7.34. The van der Waals surface area contributed by atoms with E-state index in [-0.39, 0.29) is 5.54 Å². The van der Waals surface area contributed by atoms with Crippen molar-refractivity contribution in [2.75, 3.05) is 13.1 Å². The molecule has 2 N–H and O–H groups in total. The van der Waals surface area contributed by atoms with Gasteiger partial charge in [-0.05, 0) is 30.5 Å². The highest BCUT2D eigenvalue weighted by Gasteiger charge is 2.41. The lowest BCUT2D eigenvalue weighted by atomic mass is 9.80. The Morgan fingerprint density at radius 3 is 2.70 bits per heavy atom. The molecule has 0 atom stereocenters. The number of benzene rings is 1. The molecule has 3 nitrogen and oxygen atoms in total. The molecule has 1 aliphatic rings. The van der Waals surface area contributed by atoms with Gasteiger partial charge in [0.2, 0.25) is 0 Å². The Kier molecular flexibility index (Phi) is 3.27. The van der Waals surface area contributed by atoms with Crippen molar-refractivity contribution >= 4 is 10.9 Å². The Balaban J connectivity index is 1.82. The normalized spacial score (nSPS) is 18.4. The largest absolute Gasteiger partial charge is 0.323 e. The number of aromatic nitrogens is 1. The SMILES string of the molecule is Cc1cc(CN2CC(N)(C(C)C)C2)c2ccccc2n1. The highest BCUT2D eigenvalue weighted by atomic mass is 15.2. The summed E-state index contributed by atoms with van der Waals surface area (Å²) < 4.78 is 0. The molecule has 2 heterocycles. The molecule has 3 rings (SSSR count). The van der Waals surface area contributed by atoms with Crippen molar-refractivity contribution in [1.29, 1.82) is 0 Å². The molecule has 3 heteroatoms. The minimum Gasteiger partial charge on any atom is -0.323 e. The fourth-order valence-electron chi connectivity index (χ4n) is 3.03. The summed E-state index contributed by atoms with van der Waals surface area (Å²) in [6.45, 7) is 9.43. The van der Waals surface area contributed by atoms with Crippen LogP contribution in [-0.4, -0.2) is 28.5 Å². The van der Waals surface area contributed by atoms with E-state index in [2.05, 4.69) is 54.9 Å². The van der Waals surface area contributed by atoms with Gasteiger partial charge in [-0.3, -0.25) is 9.88 Å². The third-order valence-electron chi connectivity index (χ3n) is 4.51. The zero-order chi connectivity index (χ0) is 14.3. The predicted octanol–water partition coefficient (Wildman–Crippen LogP) is 2.71. The number of rotatable bonds is 3. The standard InChI is InChI=1S/C17H23N3/c1-12(2)17(18)10-20(11-17)9-14-8-13(3)19-16-7-5-4-6-15(14)16/h4-8,12H,9-11,18H2,1-3H3. The molecule has 1 aromatic heterocycles. The minimum atomic E-state index is -0.00210. The number of fused-ring (bicyclic) bond motifs is 1. The first-order chi connectivity index (χ1) is 9.48. The summed E-state index contributed by atoms with van der Waals surface area (Å²) in [6, 6.07) is 10.6. The first kappa shape index (κ1) is 13.5. The van der Waals surface area contributed by atoms with Gasteiger partial charge in [-0.2, -0.15) is 0 Å². The van der Waals surface area contributed by atoms with E-state index in [0.717, 1.165) is 30.8 Å². The van der Waals surface area contributed by atoms with Crippen molar-refractivity contribution in [2.45, 2.75) is 32.9 Å². The second-order valence-electron chi connectivity index (χ2n) is 6.47. The van der Waals surface area contributed by atoms with Crippen molar-refractivity contribution in [3.05, 3.63) is 41.6 Å². The quantitative estimate of drug-likeness (QED) is 0.931.